The molecule has 1 unspecified atom stereocenters. The fourth-order valence-electron chi connectivity index (χ4n) is 2.33. The topological polar surface area (TPSA) is 41.5 Å². The van der Waals surface area contributed by atoms with Crippen molar-refractivity contribution in [3.63, 3.8) is 0 Å². The summed E-state index contributed by atoms with van der Waals surface area (Å²) in [5, 5.41) is 12.9. The number of rotatable bonds is 6. The van der Waals surface area contributed by atoms with Gasteiger partial charge in [-0.25, -0.2) is 0 Å². The fourth-order valence-corrected chi connectivity index (χ4v) is 2.33. The Morgan fingerprint density at radius 1 is 1.53 bits per heavy atom. The molecule has 2 rings (SSSR count). The number of benzene rings is 1. The van der Waals surface area contributed by atoms with Crippen LogP contribution in [0.5, 0.6) is 5.75 Å². The van der Waals surface area contributed by atoms with E-state index < -0.39 is 0 Å². The zero-order chi connectivity index (χ0) is 12.1. The van der Waals surface area contributed by atoms with E-state index in [9.17, 15) is 5.11 Å². The van der Waals surface area contributed by atoms with Crippen LogP contribution in [0.15, 0.2) is 31.0 Å². The van der Waals surface area contributed by atoms with E-state index >= 15 is 0 Å². The molecule has 0 fully saturated rings. The van der Waals surface area contributed by atoms with Crippen LogP contribution in [0.2, 0.25) is 0 Å². The van der Waals surface area contributed by atoms with E-state index in [2.05, 4.69) is 11.9 Å². The second-order valence-corrected chi connectivity index (χ2v) is 4.32. The van der Waals surface area contributed by atoms with Crippen molar-refractivity contribution in [2.45, 2.75) is 25.3 Å². The first kappa shape index (κ1) is 12.0. The maximum atomic E-state index is 9.41. The van der Waals surface area contributed by atoms with Crippen molar-refractivity contribution in [2.24, 2.45) is 0 Å². The lowest BCUT2D eigenvalue weighted by Crippen LogP contribution is -2.21. The average Bonchev–Trinajstić information content (AvgIpc) is 2.71. The molecule has 0 heterocycles. The molecule has 1 atom stereocenters. The van der Waals surface area contributed by atoms with Crippen molar-refractivity contribution in [2.75, 3.05) is 13.2 Å². The van der Waals surface area contributed by atoms with E-state index in [-0.39, 0.29) is 0 Å². The van der Waals surface area contributed by atoms with Gasteiger partial charge in [0.15, 0.2) is 0 Å². The predicted octanol–water partition coefficient (Wildman–Crippen LogP) is 2.52. The van der Waals surface area contributed by atoms with Crippen molar-refractivity contribution in [3.8, 4) is 5.75 Å². The van der Waals surface area contributed by atoms with Crippen molar-refractivity contribution >= 4 is 0 Å². The Morgan fingerprint density at radius 3 is 3.24 bits per heavy atom. The monoisotopic (exact) mass is 233 g/mol. The highest BCUT2D eigenvalue weighted by atomic mass is 16.5. The second-order valence-electron chi connectivity index (χ2n) is 4.32. The molecule has 0 saturated heterocycles. The maximum absolute atomic E-state index is 9.41. The molecule has 1 aliphatic rings. The van der Waals surface area contributed by atoms with Crippen LogP contribution < -0.4 is 5.32 Å². The number of hydrogen-bond donors (Lipinski definition) is 2. The smallest absolute Gasteiger partial charge is 0.115 e. The number of phenols is 1. The van der Waals surface area contributed by atoms with Crippen LogP contribution in [0.3, 0.4) is 0 Å². The van der Waals surface area contributed by atoms with Gasteiger partial charge in [-0.1, -0.05) is 12.6 Å². The molecule has 3 heteroatoms. The molecule has 0 saturated carbocycles. The number of hydrogen-bond acceptors (Lipinski definition) is 3. The molecular weight excluding hydrogens is 214 g/mol. The molecule has 3 nitrogen and oxygen atoms in total. The zero-order valence-corrected chi connectivity index (χ0v) is 9.98. The normalized spacial score (nSPS) is 17.8. The number of aryl methyl sites for hydroxylation is 1. The quantitative estimate of drug-likeness (QED) is 0.586. The highest BCUT2D eigenvalue weighted by Crippen LogP contribution is 2.32. The lowest BCUT2D eigenvalue weighted by molar-refractivity contribution is 0.243. The highest BCUT2D eigenvalue weighted by molar-refractivity contribution is 5.39. The summed E-state index contributed by atoms with van der Waals surface area (Å²) in [6, 6.07) is 6.09. The zero-order valence-electron chi connectivity index (χ0n) is 9.98. The third kappa shape index (κ3) is 3.01. The number of fused-ring (bicyclic) bond motifs is 1. The van der Waals surface area contributed by atoms with Gasteiger partial charge >= 0.3 is 0 Å². The van der Waals surface area contributed by atoms with E-state index in [1.165, 1.54) is 17.4 Å². The average molecular weight is 233 g/mol. The lowest BCUT2D eigenvalue weighted by atomic mass is 10.1. The minimum atomic E-state index is 0.365. The van der Waals surface area contributed by atoms with E-state index in [0.29, 0.717) is 18.4 Å². The molecule has 0 aromatic heterocycles. The van der Waals surface area contributed by atoms with E-state index in [1.807, 2.05) is 12.1 Å². The van der Waals surface area contributed by atoms with Crippen LogP contribution in [-0.2, 0) is 11.2 Å². The Labute approximate surface area is 102 Å². The standard InChI is InChI=1S/C14H19NO2/c1-2-17-9-3-8-15-14-7-4-11-10-12(16)5-6-13(11)14/h2,5-6,10,14-16H,1,3-4,7-9H2. The number of phenolic OH excluding ortho intramolecular Hbond substituents is 1. The highest BCUT2D eigenvalue weighted by Gasteiger charge is 2.21. The first-order valence-corrected chi connectivity index (χ1v) is 6.09. The molecule has 0 radical (unpaired) electrons. The van der Waals surface area contributed by atoms with Crippen LogP contribution in [0, 0.1) is 0 Å². The Kier molecular flexibility index (Phi) is 4.04. The van der Waals surface area contributed by atoms with Crippen LogP contribution in [0.4, 0.5) is 0 Å². The van der Waals surface area contributed by atoms with Crippen molar-refractivity contribution in [1.29, 1.82) is 0 Å². The summed E-state index contributed by atoms with van der Waals surface area (Å²) in [7, 11) is 0. The summed E-state index contributed by atoms with van der Waals surface area (Å²) >= 11 is 0. The molecule has 0 bridgehead atoms. The van der Waals surface area contributed by atoms with Gasteiger partial charge in [-0.05, 0) is 49.1 Å². The van der Waals surface area contributed by atoms with Crippen LogP contribution in [-0.4, -0.2) is 18.3 Å². The van der Waals surface area contributed by atoms with Crippen molar-refractivity contribution < 1.29 is 9.84 Å². The van der Waals surface area contributed by atoms with E-state index in [1.54, 1.807) is 6.07 Å². The molecule has 1 aliphatic carbocycles. The third-order valence-corrected chi connectivity index (χ3v) is 3.15. The minimum absolute atomic E-state index is 0.365. The minimum Gasteiger partial charge on any atom is -0.508 e. The van der Waals surface area contributed by atoms with Crippen molar-refractivity contribution in [3.05, 3.63) is 42.2 Å². The Morgan fingerprint density at radius 2 is 2.41 bits per heavy atom. The van der Waals surface area contributed by atoms with Crippen LogP contribution in [0.1, 0.15) is 30.0 Å². The SMILES string of the molecule is C=COCCCNC1CCc2cc(O)ccc21. The fraction of sp³-hybridized carbons (Fsp3) is 0.429. The first-order valence-electron chi connectivity index (χ1n) is 6.09. The van der Waals surface area contributed by atoms with Gasteiger partial charge in [-0.3, -0.25) is 0 Å². The second kappa shape index (κ2) is 5.73. The van der Waals surface area contributed by atoms with Gasteiger partial charge < -0.3 is 15.2 Å². The molecule has 17 heavy (non-hydrogen) atoms. The van der Waals surface area contributed by atoms with Crippen LogP contribution in [0.25, 0.3) is 0 Å². The molecule has 1 aromatic carbocycles. The van der Waals surface area contributed by atoms with Gasteiger partial charge in [-0.15, -0.1) is 0 Å². The molecule has 0 amide bonds. The molecule has 1 aromatic rings. The molecule has 2 N–H and O–H groups in total. The summed E-state index contributed by atoms with van der Waals surface area (Å²) < 4.78 is 5.07. The van der Waals surface area contributed by atoms with Gasteiger partial charge in [-0.2, -0.15) is 0 Å². The maximum Gasteiger partial charge on any atom is 0.115 e. The number of nitrogens with one attached hydrogen (secondary N) is 1. The Balaban J connectivity index is 1.83. The van der Waals surface area contributed by atoms with Crippen molar-refractivity contribution in [1.82, 2.24) is 5.32 Å². The largest absolute Gasteiger partial charge is 0.508 e. The van der Waals surface area contributed by atoms with Gasteiger partial charge in [0.2, 0.25) is 0 Å². The van der Waals surface area contributed by atoms with Gasteiger partial charge in [0.25, 0.3) is 0 Å². The summed E-state index contributed by atoms with van der Waals surface area (Å²) in [5.74, 6) is 0.365. The summed E-state index contributed by atoms with van der Waals surface area (Å²) in [6.45, 7) is 5.16. The van der Waals surface area contributed by atoms with Gasteiger partial charge in [0, 0.05) is 6.04 Å². The van der Waals surface area contributed by atoms with E-state index in [4.69, 9.17) is 4.74 Å². The molecule has 0 aliphatic heterocycles. The molecule has 92 valence electrons. The summed E-state index contributed by atoms with van der Waals surface area (Å²) in [6.07, 6.45) is 4.62. The summed E-state index contributed by atoms with van der Waals surface area (Å²) in [4.78, 5) is 0. The number of ether oxygens (including phenoxy) is 1. The predicted molar refractivity (Wildman–Crippen MR) is 67.9 cm³/mol. The summed E-state index contributed by atoms with van der Waals surface area (Å²) in [5.41, 5.74) is 2.59. The van der Waals surface area contributed by atoms with Gasteiger partial charge in [0.1, 0.15) is 5.75 Å². The Bertz CT molecular complexity index is 390. The molecule has 0 spiro atoms. The van der Waals surface area contributed by atoms with Gasteiger partial charge in [0.05, 0.1) is 12.9 Å². The number of aromatic hydroxyl groups is 1. The lowest BCUT2D eigenvalue weighted by Gasteiger charge is -2.13. The van der Waals surface area contributed by atoms with Crippen LogP contribution >= 0.6 is 0 Å². The molecular formula is C14H19NO2. The third-order valence-electron chi connectivity index (χ3n) is 3.15. The first-order chi connectivity index (χ1) is 8.31. The Hall–Kier alpha value is -1.48. The van der Waals surface area contributed by atoms with E-state index in [0.717, 1.165) is 25.8 Å².